The van der Waals surface area contributed by atoms with Gasteiger partial charge in [-0.3, -0.25) is 4.90 Å². The molecule has 1 aliphatic heterocycles. The summed E-state index contributed by atoms with van der Waals surface area (Å²) in [6.07, 6.45) is 0. The van der Waals surface area contributed by atoms with Crippen molar-refractivity contribution in [1.29, 1.82) is 0 Å². The van der Waals surface area contributed by atoms with Crippen molar-refractivity contribution in [2.45, 2.75) is 12.6 Å². The van der Waals surface area contributed by atoms with Crippen molar-refractivity contribution in [1.82, 2.24) is 25.1 Å². The van der Waals surface area contributed by atoms with Gasteiger partial charge in [0.25, 0.3) is 0 Å². The Balaban J connectivity index is 1.61. The molecular formula is C24H32N6O4. The van der Waals surface area contributed by atoms with Gasteiger partial charge in [0.05, 0.1) is 40.5 Å². The van der Waals surface area contributed by atoms with Gasteiger partial charge >= 0.3 is 0 Å². The highest BCUT2D eigenvalue weighted by Crippen LogP contribution is 2.35. The van der Waals surface area contributed by atoms with Crippen LogP contribution >= 0.6 is 0 Å². The predicted octanol–water partition coefficient (Wildman–Crippen LogP) is 2.26. The molecule has 0 bridgehead atoms. The largest absolute Gasteiger partial charge is 0.497 e. The topological polar surface area (TPSA) is 87.0 Å². The highest BCUT2D eigenvalue weighted by Gasteiger charge is 2.31. The van der Waals surface area contributed by atoms with Gasteiger partial charge in [0.1, 0.15) is 5.75 Å². The van der Waals surface area contributed by atoms with Crippen molar-refractivity contribution in [2.75, 3.05) is 66.1 Å². The fraction of sp³-hybridized carbons (Fsp3) is 0.458. The summed E-state index contributed by atoms with van der Waals surface area (Å²) in [4.78, 5) is 4.80. The molecule has 10 heteroatoms. The van der Waals surface area contributed by atoms with E-state index in [0.29, 0.717) is 24.7 Å². The number of benzene rings is 2. The maximum atomic E-state index is 5.58. The molecule has 1 atom stereocenters. The molecule has 1 aromatic heterocycles. The number of methoxy groups -OCH3 is 4. The van der Waals surface area contributed by atoms with Crippen molar-refractivity contribution < 1.29 is 18.9 Å². The Kier molecular flexibility index (Phi) is 7.81. The molecule has 0 spiro atoms. The molecule has 1 aliphatic rings. The van der Waals surface area contributed by atoms with Crippen LogP contribution in [0, 0.1) is 0 Å². The van der Waals surface area contributed by atoms with Crippen LogP contribution in [0.1, 0.15) is 17.4 Å². The molecule has 0 amide bonds. The van der Waals surface area contributed by atoms with E-state index in [9.17, 15) is 0 Å². The van der Waals surface area contributed by atoms with Crippen LogP contribution in [0.15, 0.2) is 42.5 Å². The molecule has 3 aromatic rings. The Bertz CT molecular complexity index is 1050. The van der Waals surface area contributed by atoms with Crippen molar-refractivity contribution in [3.63, 3.8) is 0 Å². The second-order valence-electron chi connectivity index (χ2n) is 7.99. The molecule has 0 saturated carbocycles. The van der Waals surface area contributed by atoms with Crippen LogP contribution in [0.5, 0.6) is 17.2 Å². The molecule has 10 nitrogen and oxygen atoms in total. The van der Waals surface area contributed by atoms with Crippen LogP contribution in [-0.2, 0) is 11.3 Å². The summed E-state index contributed by atoms with van der Waals surface area (Å²) in [5.41, 5.74) is 2.23. The summed E-state index contributed by atoms with van der Waals surface area (Å²) >= 11 is 0. The lowest BCUT2D eigenvalue weighted by Crippen LogP contribution is -2.48. The van der Waals surface area contributed by atoms with Gasteiger partial charge in [-0.15, -0.1) is 5.10 Å². The molecule has 1 fully saturated rings. The molecule has 0 unspecified atom stereocenters. The third-order valence-electron chi connectivity index (χ3n) is 6.15. The average Bonchev–Trinajstić information content (AvgIpc) is 3.36. The van der Waals surface area contributed by atoms with Gasteiger partial charge in [-0.05, 0) is 52.4 Å². The van der Waals surface area contributed by atoms with E-state index < -0.39 is 0 Å². The van der Waals surface area contributed by atoms with Gasteiger partial charge in [0, 0.05) is 39.0 Å². The Morgan fingerprint density at radius 2 is 1.59 bits per heavy atom. The molecule has 0 aliphatic carbocycles. The number of hydrogen-bond donors (Lipinski definition) is 0. The fourth-order valence-electron chi connectivity index (χ4n) is 4.32. The normalized spacial score (nSPS) is 15.2. The maximum Gasteiger partial charge on any atom is 0.173 e. The van der Waals surface area contributed by atoms with Crippen LogP contribution in [0.2, 0.25) is 0 Å². The molecule has 34 heavy (non-hydrogen) atoms. The van der Waals surface area contributed by atoms with Crippen molar-refractivity contribution in [3.05, 3.63) is 53.9 Å². The predicted molar refractivity (Wildman–Crippen MR) is 128 cm³/mol. The zero-order valence-electron chi connectivity index (χ0n) is 20.2. The first-order valence-corrected chi connectivity index (χ1v) is 11.3. The highest BCUT2D eigenvalue weighted by molar-refractivity contribution is 5.50. The Morgan fingerprint density at radius 3 is 2.24 bits per heavy atom. The lowest BCUT2D eigenvalue weighted by atomic mass is 10.0. The zero-order valence-corrected chi connectivity index (χ0v) is 20.2. The van der Waals surface area contributed by atoms with Gasteiger partial charge < -0.3 is 23.8 Å². The number of nitrogens with zero attached hydrogens (tertiary/aromatic N) is 6. The number of tetrazole rings is 1. The SMILES string of the molecule is COCCn1nnnc1[C@H](c1ccc(OC)c(OC)c1)N1CCN(c2ccc(OC)cc2)CC1. The molecule has 4 rings (SSSR count). The van der Waals surface area contributed by atoms with Crippen molar-refractivity contribution in [2.24, 2.45) is 0 Å². The molecular weight excluding hydrogens is 436 g/mol. The van der Waals surface area contributed by atoms with Gasteiger partial charge in [-0.2, -0.15) is 0 Å². The van der Waals surface area contributed by atoms with E-state index in [-0.39, 0.29) is 6.04 Å². The van der Waals surface area contributed by atoms with Crippen molar-refractivity contribution in [3.8, 4) is 17.2 Å². The Morgan fingerprint density at radius 1 is 0.853 bits per heavy atom. The number of piperazine rings is 1. The molecule has 1 saturated heterocycles. The molecule has 182 valence electrons. The van der Waals surface area contributed by atoms with E-state index in [4.69, 9.17) is 18.9 Å². The molecule has 2 heterocycles. The minimum atomic E-state index is -0.135. The third-order valence-corrected chi connectivity index (χ3v) is 6.15. The molecule has 2 aromatic carbocycles. The minimum absolute atomic E-state index is 0.135. The Hall–Kier alpha value is -3.37. The lowest BCUT2D eigenvalue weighted by Gasteiger charge is -2.40. The quantitative estimate of drug-likeness (QED) is 0.445. The van der Waals surface area contributed by atoms with E-state index in [0.717, 1.165) is 43.3 Å². The summed E-state index contributed by atoms with van der Waals surface area (Å²) in [7, 11) is 6.64. The first kappa shape index (κ1) is 23.8. The number of ether oxygens (including phenoxy) is 4. The van der Waals surface area contributed by atoms with E-state index in [1.165, 1.54) is 5.69 Å². The standard InChI is InChI=1S/C24H32N6O4/c1-31-16-15-30-24(25-26-27-30)23(18-5-10-21(33-3)22(17-18)34-4)29-13-11-28(12-14-29)19-6-8-20(32-2)9-7-19/h5-10,17,23H,11-16H2,1-4H3/t23-/m0/s1. The summed E-state index contributed by atoms with van der Waals surface area (Å²) in [6, 6.07) is 14.1. The third kappa shape index (κ3) is 5.07. The van der Waals surface area contributed by atoms with Crippen LogP contribution in [0.3, 0.4) is 0 Å². The summed E-state index contributed by atoms with van der Waals surface area (Å²) in [5.74, 6) is 3.01. The maximum absolute atomic E-state index is 5.58. The Labute approximate surface area is 200 Å². The lowest BCUT2D eigenvalue weighted by molar-refractivity contribution is 0.171. The van der Waals surface area contributed by atoms with Crippen molar-refractivity contribution >= 4 is 5.69 Å². The monoisotopic (exact) mass is 468 g/mol. The summed E-state index contributed by atoms with van der Waals surface area (Å²) in [6.45, 7) is 4.58. The first-order valence-electron chi connectivity index (χ1n) is 11.3. The van der Waals surface area contributed by atoms with Gasteiger partial charge in [-0.1, -0.05) is 6.07 Å². The smallest absolute Gasteiger partial charge is 0.173 e. The average molecular weight is 469 g/mol. The van der Waals surface area contributed by atoms with Crippen LogP contribution in [-0.4, -0.2) is 86.3 Å². The number of anilines is 1. The number of aromatic nitrogens is 4. The number of hydrogen-bond acceptors (Lipinski definition) is 9. The first-order chi connectivity index (χ1) is 16.7. The summed E-state index contributed by atoms with van der Waals surface area (Å²) < 4.78 is 23.4. The number of rotatable bonds is 10. The molecule has 0 radical (unpaired) electrons. The second kappa shape index (κ2) is 11.2. The second-order valence-corrected chi connectivity index (χ2v) is 7.99. The van der Waals surface area contributed by atoms with Gasteiger partial charge in [0.2, 0.25) is 0 Å². The van der Waals surface area contributed by atoms with Gasteiger partial charge in [0.15, 0.2) is 17.3 Å². The van der Waals surface area contributed by atoms with E-state index in [1.807, 2.05) is 28.9 Å². The molecule has 0 N–H and O–H groups in total. The van der Waals surface area contributed by atoms with Crippen LogP contribution < -0.4 is 19.1 Å². The zero-order chi connectivity index (χ0) is 23.9. The van der Waals surface area contributed by atoms with Crippen LogP contribution in [0.25, 0.3) is 0 Å². The van der Waals surface area contributed by atoms with E-state index in [1.54, 1.807) is 28.4 Å². The fourth-order valence-corrected chi connectivity index (χ4v) is 4.32. The van der Waals surface area contributed by atoms with Gasteiger partial charge in [-0.25, -0.2) is 4.68 Å². The minimum Gasteiger partial charge on any atom is -0.497 e. The van der Waals surface area contributed by atoms with Crippen LogP contribution in [0.4, 0.5) is 5.69 Å². The van der Waals surface area contributed by atoms with E-state index in [2.05, 4.69) is 43.5 Å². The summed E-state index contributed by atoms with van der Waals surface area (Å²) in [5, 5.41) is 12.6. The highest BCUT2D eigenvalue weighted by atomic mass is 16.5. The van der Waals surface area contributed by atoms with E-state index >= 15 is 0 Å².